The average molecular weight is 254 g/mol. The Kier molecular flexibility index (Phi) is 3.97. The van der Waals surface area contributed by atoms with E-state index in [2.05, 4.69) is 5.32 Å². The third-order valence-corrected chi connectivity index (χ3v) is 2.74. The highest BCUT2D eigenvalue weighted by Crippen LogP contribution is 2.28. The molecule has 1 saturated heterocycles. The second-order valence-electron chi connectivity index (χ2n) is 3.89. The lowest BCUT2D eigenvalue weighted by atomic mass is 10.1. The molecule has 1 aliphatic rings. The van der Waals surface area contributed by atoms with Gasteiger partial charge in [0.05, 0.1) is 6.04 Å². The molecule has 0 radical (unpaired) electrons. The number of amides is 1. The maximum atomic E-state index is 12.4. The van der Waals surface area contributed by atoms with Gasteiger partial charge in [0.2, 0.25) is 5.91 Å². The Labute approximate surface area is 95.6 Å². The molecule has 0 spiro atoms. The van der Waals surface area contributed by atoms with Gasteiger partial charge >= 0.3 is 12.1 Å². The number of nitrogens with zero attached hydrogens (tertiary/aromatic N) is 1. The van der Waals surface area contributed by atoms with Crippen LogP contribution in [0.1, 0.15) is 6.92 Å². The van der Waals surface area contributed by atoms with Crippen LogP contribution in [0, 0.1) is 5.92 Å². The third-order valence-electron chi connectivity index (χ3n) is 2.74. The van der Waals surface area contributed by atoms with Gasteiger partial charge in [-0.05, 0) is 6.92 Å². The number of hydrogen-bond donors (Lipinski definition) is 2. The van der Waals surface area contributed by atoms with Gasteiger partial charge in [-0.2, -0.15) is 13.2 Å². The van der Waals surface area contributed by atoms with Gasteiger partial charge in [-0.3, -0.25) is 14.5 Å². The normalized spacial score (nSPS) is 24.2. The van der Waals surface area contributed by atoms with Crippen molar-refractivity contribution >= 4 is 11.9 Å². The van der Waals surface area contributed by atoms with Crippen LogP contribution in [0.3, 0.4) is 0 Å². The third kappa shape index (κ3) is 3.32. The van der Waals surface area contributed by atoms with Crippen molar-refractivity contribution in [2.45, 2.75) is 19.1 Å². The van der Waals surface area contributed by atoms with Crippen molar-refractivity contribution in [3.8, 4) is 0 Å². The fourth-order valence-corrected chi connectivity index (χ4v) is 1.64. The molecule has 2 atom stereocenters. The zero-order chi connectivity index (χ0) is 13.2. The first-order valence-corrected chi connectivity index (χ1v) is 5.04. The predicted octanol–water partition coefficient (Wildman–Crippen LogP) is 0.0698. The Morgan fingerprint density at radius 2 is 2.24 bits per heavy atom. The van der Waals surface area contributed by atoms with Crippen molar-refractivity contribution in [1.82, 2.24) is 10.2 Å². The molecule has 1 fully saturated rings. The molecular weight excluding hydrogens is 241 g/mol. The number of carbonyl (C=O) groups is 2. The number of nitrogens with one attached hydrogen (secondary N) is 1. The molecule has 98 valence electrons. The molecular formula is C9H13F3N2O3. The van der Waals surface area contributed by atoms with E-state index in [1.54, 1.807) is 0 Å². The molecule has 0 aliphatic carbocycles. The number of halogens is 3. The van der Waals surface area contributed by atoms with Crippen LogP contribution in [0.15, 0.2) is 0 Å². The van der Waals surface area contributed by atoms with Crippen molar-refractivity contribution in [3.63, 3.8) is 0 Å². The molecule has 0 aromatic heterocycles. The standard InChI is InChI=1S/C9H13F3N2O3/c1-5-7(15)13-2-3-14(5)4-6(8(16)17)9(10,11)12/h5-6H,2-4H2,1H3,(H,13,15)(H,16,17). The van der Waals surface area contributed by atoms with Gasteiger partial charge in [0, 0.05) is 19.6 Å². The minimum atomic E-state index is -4.81. The fourth-order valence-electron chi connectivity index (χ4n) is 1.64. The van der Waals surface area contributed by atoms with Gasteiger partial charge in [0.25, 0.3) is 0 Å². The van der Waals surface area contributed by atoms with E-state index in [9.17, 15) is 22.8 Å². The van der Waals surface area contributed by atoms with Crippen LogP contribution in [0.2, 0.25) is 0 Å². The monoisotopic (exact) mass is 254 g/mol. The number of carboxylic acids is 1. The van der Waals surface area contributed by atoms with Crippen molar-refractivity contribution < 1.29 is 27.9 Å². The van der Waals surface area contributed by atoms with E-state index >= 15 is 0 Å². The second-order valence-corrected chi connectivity index (χ2v) is 3.89. The lowest BCUT2D eigenvalue weighted by Gasteiger charge is -2.34. The summed E-state index contributed by atoms with van der Waals surface area (Å²) in [4.78, 5) is 23.0. The van der Waals surface area contributed by atoms with Crippen LogP contribution < -0.4 is 5.32 Å². The van der Waals surface area contributed by atoms with Gasteiger partial charge in [-0.25, -0.2) is 0 Å². The summed E-state index contributed by atoms with van der Waals surface area (Å²) in [6.07, 6.45) is -4.81. The molecule has 2 unspecified atom stereocenters. The summed E-state index contributed by atoms with van der Waals surface area (Å²) in [5.74, 6) is -4.77. The van der Waals surface area contributed by atoms with E-state index in [4.69, 9.17) is 5.11 Å². The van der Waals surface area contributed by atoms with E-state index in [1.807, 2.05) is 0 Å². The quantitative estimate of drug-likeness (QED) is 0.747. The average Bonchev–Trinajstić information content (AvgIpc) is 2.17. The molecule has 0 bridgehead atoms. The molecule has 1 aliphatic heterocycles. The molecule has 1 amide bonds. The number of carboxylic acid groups (broad SMARTS) is 1. The fraction of sp³-hybridized carbons (Fsp3) is 0.778. The van der Waals surface area contributed by atoms with Gasteiger partial charge < -0.3 is 10.4 Å². The van der Waals surface area contributed by atoms with E-state index in [0.717, 1.165) is 0 Å². The Morgan fingerprint density at radius 1 is 1.65 bits per heavy atom. The van der Waals surface area contributed by atoms with E-state index in [0.29, 0.717) is 0 Å². The van der Waals surface area contributed by atoms with Crippen molar-refractivity contribution in [3.05, 3.63) is 0 Å². The first-order valence-electron chi connectivity index (χ1n) is 5.04. The summed E-state index contributed by atoms with van der Waals surface area (Å²) < 4.78 is 37.3. The molecule has 2 N–H and O–H groups in total. The minimum absolute atomic E-state index is 0.215. The Balaban J connectivity index is 2.73. The maximum absolute atomic E-state index is 12.4. The number of piperazine rings is 1. The van der Waals surface area contributed by atoms with Gasteiger partial charge in [-0.1, -0.05) is 0 Å². The van der Waals surface area contributed by atoms with Crippen LogP contribution in [0.4, 0.5) is 13.2 Å². The predicted molar refractivity (Wildman–Crippen MR) is 51.2 cm³/mol. The number of aliphatic carboxylic acids is 1. The first-order chi connectivity index (χ1) is 7.73. The zero-order valence-electron chi connectivity index (χ0n) is 9.12. The highest BCUT2D eigenvalue weighted by Gasteiger charge is 2.47. The van der Waals surface area contributed by atoms with Crippen LogP contribution in [0.5, 0.6) is 0 Å². The summed E-state index contributed by atoms with van der Waals surface area (Å²) in [6, 6.07) is -0.743. The second kappa shape index (κ2) is 4.91. The number of carbonyl (C=O) groups excluding carboxylic acids is 1. The van der Waals surface area contributed by atoms with Gasteiger partial charge in [0.15, 0.2) is 5.92 Å². The summed E-state index contributed by atoms with van der Waals surface area (Å²) in [5, 5.41) is 11.0. The molecule has 0 saturated carbocycles. The van der Waals surface area contributed by atoms with Crippen LogP contribution in [-0.2, 0) is 9.59 Å². The number of hydrogen-bond acceptors (Lipinski definition) is 3. The highest BCUT2D eigenvalue weighted by atomic mass is 19.4. The summed E-state index contributed by atoms with van der Waals surface area (Å²) in [5.41, 5.74) is 0. The topological polar surface area (TPSA) is 69.6 Å². The molecule has 1 heterocycles. The van der Waals surface area contributed by atoms with Crippen LogP contribution in [0.25, 0.3) is 0 Å². The van der Waals surface area contributed by atoms with E-state index in [1.165, 1.54) is 11.8 Å². The van der Waals surface area contributed by atoms with Crippen molar-refractivity contribution in [2.75, 3.05) is 19.6 Å². The van der Waals surface area contributed by atoms with E-state index in [-0.39, 0.29) is 19.0 Å². The molecule has 0 aromatic carbocycles. The summed E-state index contributed by atoms with van der Waals surface area (Å²) in [7, 11) is 0. The largest absolute Gasteiger partial charge is 0.481 e. The molecule has 17 heavy (non-hydrogen) atoms. The SMILES string of the molecule is CC1C(=O)NCCN1CC(C(=O)O)C(F)(F)F. The molecule has 1 rings (SSSR count). The van der Waals surface area contributed by atoms with Crippen LogP contribution >= 0.6 is 0 Å². The highest BCUT2D eigenvalue weighted by molar-refractivity contribution is 5.82. The Hall–Kier alpha value is -1.31. The molecule has 5 nitrogen and oxygen atoms in total. The first kappa shape index (κ1) is 13.8. The Morgan fingerprint density at radius 3 is 2.71 bits per heavy atom. The summed E-state index contributed by atoms with van der Waals surface area (Å²) >= 11 is 0. The van der Waals surface area contributed by atoms with Crippen molar-refractivity contribution in [1.29, 1.82) is 0 Å². The van der Waals surface area contributed by atoms with Crippen molar-refractivity contribution in [2.24, 2.45) is 5.92 Å². The number of alkyl halides is 3. The molecule has 0 aromatic rings. The maximum Gasteiger partial charge on any atom is 0.403 e. The van der Waals surface area contributed by atoms with Gasteiger partial charge in [-0.15, -0.1) is 0 Å². The zero-order valence-corrected chi connectivity index (χ0v) is 9.12. The van der Waals surface area contributed by atoms with Crippen LogP contribution in [-0.4, -0.2) is 53.7 Å². The summed E-state index contributed by atoms with van der Waals surface area (Å²) in [6.45, 7) is 1.19. The van der Waals surface area contributed by atoms with Gasteiger partial charge in [0.1, 0.15) is 0 Å². The van der Waals surface area contributed by atoms with E-state index < -0.39 is 30.7 Å². The Bertz CT molecular complexity index is 319. The smallest absolute Gasteiger partial charge is 0.403 e. The lowest BCUT2D eigenvalue weighted by Crippen LogP contribution is -2.56. The number of rotatable bonds is 3. The molecule has 8 heteroatoms. The minimum Gasteiger partial charge on any atom is -0.481 e. The lowest BCUT2D eigenvalue weighted by molar-refractivity contribution is -0.198.